The van der Waals surface area contributed by atoms with Crippen LogP contribution in [0.2, 0.25) is 0 Å². The van der Waals surface area contributed by atoms with E-state index in [-0.39, 0.29) is 48.1 Å². The molecule has 0 bridgehead atoms. The molecule has 29 heavy (non-hydrogen) atoms. The first-order valence-electron chi connectivity index (χ1n) is 9.12. The van der Waals surface area contributed by atoms with Gasteiger partial charge in [-0.25, -0.2) is 14.4 Å². The molecule has 0 aliphatic carbocycles. The normalized spacial score (nSPS) is 16.0. The number of rotatable bonds is 4. The number of halogens is 3. The molecule has 1 unspecified atom stereocenters. The summed E-state index contributed by atoms with van der Waals surface area (Å²) < 4.78 is 14.1. The van der Waals surface area contributed by atoms with Crippen LogP contribution in [0, 0.1) is 25.6 Å². The maximum Gasteiger partial charge on any atom is 0.256 e. The predicted molar refractivity (Wildman–Crippen MR) is 114 cm³/mol. The monoisotopic (exact) mass is 445 g/mol. The van der Waals surface area contributed by atoms with E-state index < -0.39 is 5.82 Å². The van der Waals surface area contributed by atoms with Crippen molar-refractivity contribution in [1.82, 2.24) is 20.2 Å². The zero-order valence-corrected chi connectivity index (χ0v) is 18.0. The second-order valence-corrected chi connectivity index (χ2v) is 6.89. The van der Waals surface area contributed by atoms with Crippen molar-refractivity contribution in [3.63, 3.8) is 0 Å². The van der Waals surface area contributed by atoms with Gasteiger partial charge in [0.25, 0.3) is 5.91 Å². The third-order valence-electron chi connectivity index (χ3n) is 4.90. The number of carbonyl (C=O) groups excluding carboxylic acids is 2. The lowest BCUT2D eigenvalue weighted by molar-refractivity contribution is -0.126. The highest BCUT2D eigenvalue weighted by Crippen LogP contribution is 2.24. The number of aryl methyl sites for hydroxylation is 2. The van der Waals surface area contributed by atoms with Crippen LogP contribution < -0.4 is 11.1 Å². The molecule has 1 aliphatic heterocycles. The van der Waals surface area contributed by atoms with Crippen LogP contribution in [-0.4, -0.2) is 52.9 Å². The number of amides is 2. The molecule has 2 aromatic rings. The Kier molecular flexibility index (Phi) is 9.19. The highest BCUT2D eigenvalue weighted by atomic mass is 35.5. The molecule has 7 nitrogen and oxygen atoms in total. The molecule has 1 fully saturated rings. The van der Waals surface area contributed by atoms with Crippen LogP contribution in [0.15, 0.2) is 12.1 Å². The molecule has 10 heteroatoms. The van der Waals surface area contributed by atoms with Gasteiger partial charge >= 0.3 is 0 Å². The van der Waals surface area contributed by atoms with Crippen molar-refractivity contribution in [1.29, 1.82) is 0 Å². The van der Waals surface area contributed by atoms with Crippen LogP contribution in [-0.2, 0) is 4.79 Å². The maximum absolute atomic E-state index is 14.1. The number of carbonyl (C=O) groups is 2. The van der Waals surface area contributed by atoms with Crippen LogP contribution in [0.3, 0.4) is 0 Å². The first-order chi connectivity index (χ1) is 12.9. The van der Waals surface area contributed by atoms with Crippen LogP contribution >= 0.6 is 24.8 Å². The molecule has 0 radical (unpaired) electrons. The van der Waals surface area contributed by atoms with Crippen molar-refractivity contribution in [3.05, 3.63) is 34.9 Å². The van der Waals surface area contributed by atoms with Gasteiger partial charge in [0.1, 0.15) is 11.3 Å². The average molecular weight is 446 g/mol. The Morgan fingerprint density at radius 3 is 2.62 bits per heavy atom. The van der Waals surface area contributed by atoms with Crippen LogP contribution in [0.4, 0.5) is 4.39 Å². The van der Waals surface area contributed by atoms with Gasteiger partial charge in [0, 0.05) is 32.2 Å². The smallest absolute Gasteiger partial charge is 0.256 e. The number of nitrogens with zero attached hydrogens (tertiary/aromatic N) is 3. The standard InChI is InChI=1S/C19H24FN5O2.2ClH/c1-11-12(2)24-17-15(8-14(20)9-16(17)23-11)19(27)25-7-3-4-13(10-25)18(26)22-6-5-21;;/h8-9,13H,3-7,10,21H2,1-2H3,(H,22,26);2*1H. The largest absolute Gasteiger partial charge is 0.355 e. The van der Waals surface area contributed by atoms with Gasteiger partial charge in [-0.05, 0) is 32.8 Å². The number of benzene rings is 1. The van der Waals surface area contributed by atoms with E-state index in [0.29, 0.717) is 61.4 Å². The van der Waals surface area contributed by atoms with Gasteiger partial charge in [-0.2, -0.15) is 0 Å². The summed E-state index contributed by atoms with van der Waals surface area (Å²) in [5.74, 6) is -1.25. The minimum Gasteiger partial charge on any atom is -0.355 e. The van der Waals surface area contributed by atoms with Gasteiger partial charge in [0.15, 0.2) is 0 Å². The Balaban J connectivity index is 0.00000210. The molecule has 3 N–H and O–H groups in total. The van der Waals surface area contributed by atoms with E-state index in [1.165, 1.54) is 12.1 Å². The Hall–Kier alpha value is -2.03. The van der Waals surface area contributed by atoms with Gasteiger partial charge in [0.05, 0.1) is 28.4 Å². The molecule has 0 saturated carbocycles. The summed E-state index contributed by atoms with van der Waals surface area (Å²) in [7, 11) is 0. The van der Waals surface area contributed by atoms with E-state index in [4.69, 9.17) is 5.73 Å². The fourth-order valence-electron chi connectivity index (χ4n) is 3.35. The molecular formula is C19H26Cl2FN5O2. The van der Waals surface area contributed by atoms with Crippen LogP contribution in [0.1, 0.15) is 34.6 Å². The Morgan fingerprint density at radius 2 is 1.93 bits per heavy atom. The molecular weight excluding hydrogens is 420 g/mol. The molecule has 1 aliphatic rings. The van der Waals surface area contributed by atoms with E-state index in [2.05, 4.69) is 15.3 Å². The van der Waals surface area contributed by atoms with Crippen molar-refractivity contribution in [2.75, 3.05) is 26.2 Å². The Bertz CT molecular complexity index is 897. The lowest BCUT2D eigenvalue weighted by Crippen LogP contribution is -2.46. The second-order valence-electron chi connectivity index (χ2n) is 6.89. The average Bonchev–Trinajstić information content (AvgIpc) is 2.66. The molecule has 1 atom stereocenters. The number of likely N-dealkylation sites (tertiary alicyclic amines) is 1. The van der Waals surface area contributed by atoms with E-state index in [1.54, 1.807) is 18.7 Å². The highest BCUT2D eigenvalue weighted by molar-refractivity contribution is 6.05. The lowest BCUT2D eigenvalue weighted by Gasteiger charge is -2.32. The molecule has 3 rings (SSSR count). The summed E-state index contributed by atoms with van der Waals surface area (Å²) in [4.78, 5) is 35.7. The minimum absolute atomic E-state index is 0. The summed E-state index contributed by atoms with van der Waals surface area (Å²) in [5.41, 5.74) is 7.74. The number of nitrogens with one attached hydrogen (secondary N) is 1. The molecule has 160 valence electrons. The van der Waals surface area contributed by atoms with E-state index in [9.17, 15) is 14.0 Å². The number of nitrogens with two attached hydrogens (primary N) is 1. The summed E-state index contributed by atoms with van der Waals surface area (Å²) in [6.07, 6.45) is 1.42. The van der Waals surface area contributed by atoms with Gasteiger partial charge < -0.3 is 16.0 Å². The van der Waals surface area contributed by atoms with Crippen molar-refractivity contribution < 1.29 is 14.0 Å². The number of piperidine rings is 1. The minimum atomic E-state index is -0.530. The Morgan fingerprint density at radius 1 is 1.24 bits per heavy atom. The third-order valence-corrected chi connectivity index (χ3v) is 4.90. The van der Waals surface area contributed by atoms with Crippen molar-refractivity contribution in [2.24, 2.45) is 11.7 Å². The summed E-state index contributed by atoms with van der Waals surface area (Å²) in [6.45, 7) is 5.20. The van der Waals surface area contributed by atoms with Gasteiger partial charge in [-0.1, -0.05) is 0 Å². The van der Waals surface area contributed by atoms with E-state index in [0.717, 1.165) is 0 Å². The molecule has 2 amide bonds. The molecule has 2 heterocycles. The van der Waals surface area contributed by atoms with E-state index >= 15 is 0 Å². The van der Waals surface area contributed by atoms with Crippen molar-refractivity contribution >= 4 is 47.7 Å². The zero-order chi connectivity index (χ0) is 19.6. The third kappa shape index (κ3) is 5.52. The summed E-state index contributed by atoms with van der Waals surface area (Å²) >= 11 is 0. The van der Waals surface area contributed by atoms with Crippen LogP contribution in [0.5, 0.6) is 0 Å². The zero-order valence-electron chi connectivity index (χ0n) is 16.4. The fourth-order valence-corrected chi connectivity index (χ4v) is 3.35. The van der Waals surface area contributed by atoms with Crippen molar-refractivity contribution in [3.8, 4) is 0 Å². The number of fused-ring (bicyclic) bond motifs is 1. The van der Waals surface area contributed by atoms with E-state index in [1.807, 2.05) is 0 Å². The second kappa shape index (κ2) is 10.7. The number of hydrogen-bond acceptors (Lipinski definition) is 5. The van der Waals surface area contributed by atoms with Gasteiger partial charge in [-0.15, -0.1) is 24.8 Å². The highest BCUT2D eigenvalue weighted by Gasteiger charge is 2.30. The predicted octanol–water partition coefficient (Wildman–Crippen LogP) is 2.16. The molecule has 0 spiro atoms. The Labute approximate surface area is 181 Å². The SMILES string of the molecule is Cc1nc2cc(F)cc(C(=O)N3CCCC(C(=O)NCCN)C3)c2nc1C.Cl.Cl. The quantitative estimate of drug-likeness (QED) is 0.750. The maximum atomic E-state index is 14.1. The summed E-state index contributed by atoms with van der Waals surface area (Å²) in [5, 5.41) is 2.77. The first kappa shape index (κ1) is 25.0. The van der Waals surface area contributed by atoms with Gasteiger partial charge in [0.2, 0.25) is 5.91 Å². The van der Waals surface area contributed by atoms with Gasteiger partial charge in [-0.3, -0.25) is 9.59 Å². The topological polar surface area (TPSA) is 101 Å². The molecule has 1 aromatic heterocycles. The number of aromatic nitrogens is 2. The lowest BCUT2D eigenvalue weighted by atomic mass is 9.96. The van der Waals surface area contributed by atoms with Crippen LogP contribution in [0.25, 0.3) is 11.0 Å². The molecule has 1 saturated heterocycles. The fraction of sp³-hybridized carbons (Fsp3) is 0.474. The summed E-state index contributed by atoms with van der Waals surface area (Å²) in [6, 6.07) is 2.48. The number of hydrogen-bond donors (Lipinski definition) is 2. The molecule has 1 aromatic carbocycles. The first-order valence-corrected chi connectivity index (χ1v) is 9.12. The van der Waals surface area contributed by atoms with Crippen molar-refractivity contribution in [2.45, 2.75) is 26.7 Å².